The van der Waals surface area contributed by atoms with Gasteiger partial charge in [0.2, 0.25) is 5.82 Å². The number of aromatic nitrogens is 1. The molecule has 1 aromatic carbocycles. The number of hydrogen-bond donors (Lipinski definition) is 1. The van der Waals surface area contributed by atoms with E-state index in [9.17, 15) is 10.1 Å². The van der Waals surface area contributed by atoms with Gasteiger partial charge in [-0.15, -0.1) is 0 Å². The number of carbonyl (C=O) groups excluding carboxylic acids is 1. The molecule has 0 spiro atoms. The zero-order valence-electron chi connectivity index (χ0n) is 21.9. The molecule has 0 bridgehead atoms. The van der Waals surface area contributed by atoms with E-state index in [1.54, 1.807) is 4.90 Å². The van der Waals surface area contributed by atoms with Gasteiger partial charge in [0.05, 0.1) is 29.9 Å². The monoisotopic (exact) mass is 522 g/mol. The molecular weight excluding hydrogens is 487 g/mol. The first kappa shape index (κ1) is 26.2. The lowest BCUT2D eigenvalue weighted by Crippen LogP contribution is -2.55. The average Bonchev–Trinajstić information content (AvgIpc) is 3.35. The summed E-state index contributed by atoms with van der Waals surface area (Å²) in [6, 6.07) is 11.5. The van der Waals surface area contributed by atoms with Gasteiger partial charge in [-0.3, -0.25) is 0 Å². The van der Waals surface area contributed by atoms with E-state index in [2.05, 4.69) is 28.3 Å². The van der Waals surface area contributed by atoms with E-state index in [1.165, 1.54) is 0 Å². The van der Waals surface area contributed by atoms with Crippen LogP contribution in [0.1, 0.15) is 36.1 Å². The summed E-state index contributed by atoms with van der Waals surface area (Å²) in [7, 11) is 2.06. The Morgan fingerprint density at radius 1 is 1.24 bits per heavy atom. The first-order valence-corrected chi connectivity index (χ1v) is 13.4. The molecule has 3 aliphatic heterocycles. The molecule has 1 amide bonds. The Bertz CT molecular complexity index is 1170. The highest BCUT2D eigenvalue weighted by Crippen LogP contribution is 2.36. The second kappa shape index (κ2) is 12.0. The third kappa shape index (κ3) is 5.69. The van der Waals surface area contributed by atoms with Crippen molar-refractivity contribution in [2.75, 3.05) is 51.3 Å². The highest BCUT2D eigenvalue weighted by molar-refractivity contribution is 5.69. The number of nitriles is 1. The van der Waals surface area contributed by atoms with Crippen LogP contribution in [-0.2, 0) is 24.3 Å². The Labute approximate surface area is 223 Å². The van der Waals surface area contributed by atoms with Crippen LogP contribution >= 0.6 is 0 Å². The van der Waals surface area contributed by atoms with Crippen molar-refractivity contribution in [2.24, 2.45) is 0 Å². The molecule has 1 aromatic heterocycles. The number of carbonyl (C=O) groups is 1. The van der Waals surface area contributed by atoms with Gasteiger partial charge in [-0.2, -0.15) is 9.65 Å². The molecule has 0 radical (unpaired) electrons. The maximum Gasteiger partial charge on any atom is 0.410 e. The number of pyridine rings is 1. The molecule has 2 unspecified atom stereocenters. The Balaban J connectivity index is 1.34. The number of ether oxygens (including phenoxy) is 2. The summed E-state index contributed by atoms with van der Waals surface area (Å²) in [5.74, 6) is -0.425. The summed E-state index contributed by atoms with van der Waals surface area (Å²) in [4.78, 5) is 23.3. The molecule has 3 aliphatic rings. The standard InChI is InChI=1S/C28H35FN6O3/c1-33-13-5-8-22(33)19-37-27-25(29)26(23-10-12-31-16-24(23)32-27)34-14-15-35(21(17-34)9-11-30)28(36)38-18-20-6-3-2-4-7-20/h2-4,6-7,21-22,31H,5,8-10,12-19H2,1H3. The van der Waals surface area contributed by atoms with Crippen molar-refractivity contribution < 1.29 is 18.7 Å². The van der Waals surface area contributed by atoms with Crippen molar-refractivity contribution in [1.82, 2.24) is 20.1 Å². The molecule has 38 heavy (non-hydrogen) atoms. The summed E-state index contributed by atoms with van der Waals surface area (Å²) in [6.07, 6.45) is 2.46. The molecule has 2 fully saturated rings. The van der Waals surface area contributed by atoms with Crippen LogP contribution in [0.4, 0.5) is 14.9 Å². The lowest BCUT2D eigenvalue weighted by Gasteiger charge is -2.42. The molecule has 9 nitrogen and oxygen atoms in total. The molecule has 202 valence electrons. The van der Waals surface area contributed by atoms with Crippen LogP contribution in [0, 0.1) is 17.1 Å². The molecule has 2 aromatic rings. The largest absolute Gasteiger partial charge is 0.474 e. The molecule has 2 atom stereocenters. The maximum atomic E-state index is 16.1. The molecule has 0 saturated carbocycles. The van der Waals surface area contributed by atoms with Crippen molar-refractivity contribution in [3.8, 4) is 11.9 Å². The van der Waals surface area contributed by atoms with Crippen LogP contribution in [0.2, 0.25) is 0 Å². The molecule has 2 saturated heterocycles. The second-order valence-electron chi connectivity index (χ2n) is 10.2. The first-order valence-electron chi connectivity index (χ1n) is 13.4. The van der Waals surface area contributed by atoms with Crippen LogP contribution in [-0.4, -0.2) is 79.3 Å². The fourth-order valence-corrected chi connectivity index (χ4v) is 5.61. The van der Waals surface area contributed by atoms with Gasteiger partial charge in [0.15, 0.2) is 0 Å². The number of anilines is 1. The quantitative estimate of drug-likeness (QED) is 0.593. The number of nitrogens with one attached hydrogen (secondary N) is 1. The minimum Gasteiger partial charge on any atom is -0.474 e. The van der Waals surface area contributed by atoms with Crippen LogP contribution in [0.15, 0.2) is 30.3 Å². The molecule has 1 N–H and O–H groups in total. The van der Waals surface area contributed by atoms with Crippen LogP contribution in [0.5, 0.6) is 5.88 Å². The smallest absolute Gasteiger partial charge is 0.410 e. The second-order valence-corrected chi connectivity index (χ2v) is 10.2. The van der Waals surface area contributed by atoms with E-state index in [0.717, 1.165) is 42.8 Å². The van der Waals surface area contributed by atoms with Crippen LogP contribution in [0.25, 0.3) is 0 Å². The van der Waals surface area contributed by atoms with Gasteiger partial charge in [0.25, 0.3) is 5.88 Å². The number of benzene rings is 1. The number of hydrogen-bond acceptors (Lipinski definition) is 8. The van der Waals surface area contributed by atoms with E-state index in [0.29, 0.717) is 44.9 Å². The number of nitrogens with zero attached hydrogens (tertiary/aromatic N) is 5. The predicted octanol–water partition coefficient (Wildman–Crippen LogP) is 3.08. The van der Waals surface area contributed by atoms with Crippen LogP contribution < -0.4 is 15.0 Å². The summed E-state index contributed by atoms with van der Waals surface area (Å²) in [5.41, 5.74) is 3.06. The van der Waals surface area contributed by atoms with Crippen LogP contribution in [0.3, 0.4) is 0 Å². The van der Waals surface area contributed by atoms with Gasteiger partial charge < -0.3 is 29.5 Å². The number of likely N-dealkylation sites (N-methyl/N-ethyl adjacent to an activating group) is 1. The lowest BCUT2D eigenvalue weighted by molar-refractivity contribution is 0.0768. The fourth-order valence-electron chi connectivity index (χ4n) is 5.61. The Morgan fingerprint density at radius 2 is 2.08 bits per heavy atom. The maximum absolute atomic E-state index is 16.1. The van der Waals surface area contributed by atoms with Gasteiger partial charge in [0, 0.05) is 37.8 Å². The number of likely N-dealkylation sites (tertiary alicyclic amines) is 1. The molecule has 0 aliphatic carbocycles. The molecule has 4 heterocycles. The summed E-state index contributed by atoms with van der Waals surface area (Å²) >= 11 is 0. The number of amides is 1. The van der Waals surface area contributed by atoms with Gasteiger partial charge in [0.1, 0.15) is 13.2 Å². The Kier molecular flexibility index (Phi) is 8.25. The highest BCUT2D eigenvalue weighted by atomic mass is 19.1. The Hall–Kier alpha value is -3.42. The Morgan fingerprint density at radius 3 is 2.84 bits per heavy atom. The van der Waals surface area contributed by atoms with Crippen molar-refractivity contribution >= 4 is 11.8 Å². The van der Waals surface area contributed by atoms with Gasteiger partial charge in [-0.25, -0.2) is 9.78 Å². The minimum atomic E-state index is -0.458. The topological polar surface area (TPSA) is 94.0 Å². The number of rotatable bonds is 7. The number of halogens is 1. The zero-order chi connectivity index (χ0) is 26.5. The van der Waals surface area contributed by atoms with Gasteiger partial charge in [-0.05, 0) is 45.0 Å². The average molecular weight is 523 g/mol. The SMILES string of the molecule is CN1CCCC1COc1nc2c(c(N3CCN(C(=O)OCc4ccccc4)C(CC#N)C3)c1F)CCNC2. The molecule has 10 heteroatoms. The summed E-state index contributed by atoms with van der Waals surface area (Å²) < 4.78 is 27.6. The summed E-state index contributed by atoms with van der Waals surface area (Å²) in [5, 5.41) is 12.8. The number of fused-ring (bicyclic) bond motifs is 1. The molecular formula is C28H35FN6O3. The first-order chi connectivity index (χ1) is 18.5. The third-order valence-electron chi connectivity index (χ3n) is 7.76. The van der Waals surface area contributed by atoms with E-state index in [-0.39, 0.29) is 24.9 Å². The highest BCUT2D eigenvalue weighted by Gasteiger charge is 2.35. The minimum absolute atomic E-state index is 0.0317. The van der Waals surface area contributed by atoms with Crippen molar-refractivity contribution in [1.29, 1.82) is 5.26 Å². The van der Waals surface area contributed by atoms with E-state index < -0.39 is 18.0 Å². The van der Waals surface area contributed by atoms with E-state index >= 15 is 4.39 Å². The number of piperazine rings is 1. The third-order valence-corrected chi connectivity index (χ3v) is 7.76. The molecule has 5 rings (SSSR count). The van der Waals surface area contributed by atoms with Gasteiger partial charge in [-0.1, -0.05) is 30.3 Å². The lowest BCUT2D eigenvalue weighted by atomic mass is 10.0. The predicted molar refractivity (Wildman–Crippen MR) is 140 cm³/mol. The zero-order valence-corrected chi connectivity index (χ0v) is 21.9. The summed E-state index contributed by atoms with van der Waals surface area (Å²) in [6.45, 7) is 3.95. The fraction of sp³-hybridized carbons (Fsp3) is 0.536. The van der Waals surface area contributed by atoms with Crippen molar-refractivity contribution in [2.45, 2.75) is 50.9 Å². The normalized spacial score (nSPS) is 21.6. The van der Waals surface area contributed by atoms with E-state index in [1.807, 2.05) is 35.2 Å². The van der Waals surface area contributed by atoms with E-state index in [4.69, 9.17) is 9.47 Å². The van der Waals surface area contributed by atoms with Gasteiger partial charge >= 0.3 is 6.09 Å². The van der Waals surface area contributed by atoms with Crippen molar-refractivity contribution in [3.63, 3.8) is 0 Å². The van der Waals surface area contributed by atoms with Crippen molar-refractivity contribution in [3.05, 3.63) is 53.0 Å².